The fraction of sp³-hybridized carbons (Fsp3) is 0.500. The highest BCUT2D eigenvalue weighted by molar-refractivity contribution is 5.80. The zero-order valence-corrected chi connectivity index (χ0v) is 7.38. The molecule has 0 spiro atoms. The van der Waals surface area contributed by atoms with E-state index in [0.29, 0.717) is 18.6 Å². The molecule has 1 aromatic rings. The molecule has 12 heavy (non-hydrogen) atoms. The molecule has 0 atom stereocenters. The maximum absolute atomic E-state index is 11.2. The highest BCUT2D eigenvalue weighted by Crippen LogP contribution is 2.04. The molecule has 1 rings (SSSR count). The van der Waals surface area contributed by atoms with E-state index in [1.165, 1.54) is 0 Å². The van der Waals surface area contributed by atoms with Crippen LogP contribution >= 0.6 is 0 Å². The Hall–Kier alpha value is -1.05. The smallest absolute Gasteiger partial charge is 0.137 e. The van der Waals surface area contributed by atoms with Crippen molar-refractivity contribution >= 4 is 5.78 Å². The Kier molecular flexibility index (Phi) is 3.58. The van der Waals surface area contributed by atoms with Gasteiger partial charge in [-0.3, -0.25) is 4.79 Å². The van der Waals surface area contributed by atoms with E-state index in [2.05, 4.69) is 6.92 Å². The third-order valence-electron chi connectivity index (χ3n) is 1.79. The highest BCUT2D eigenvalue weighted by atomic mass is 16.3. The number of ketones is 1. The quantitative estimate of drug-likeness (QED) is 0.673. The van der Waals surface area contributed by atoms with Crippen molar-refractivity contribution in [1.29, 1.82) is 0 Å². The van der Waals surface area contributed by atoms with Crippen LogP contribution in [0, 0.1) is 0 Å². The Balaban J connectivity index is 2.27. The van der Waals surface area contributed by atoms with Crippen LogP contribution in [0.3, 0.4) is 0 Å². The van der Waals surface area contributed by atoms with E-state index in [1.54, 1.807) is 12.5 Å². The molecule has 0 N–H and O–H groups in total. The van der Waals surface area contributed by atoms with Crippen LogP contribution < -0.4 is 0 Å². The van der Waals surface area contributed by atoms with E-state index in [0.717, 1.165) is 18.4 Å². The molecule has 0 aliphatic carbocycles. The molecule has 0 aliphatic heterocycles. The van der Waals surface area contributed by atoms with Gasteiger partial charge >= 0.3 is 0 Å². The normalized spacial score (nSPS) is 10.1. The maximum atomic E-state index is 11.2. The van der Waals surface area contributed by atoms with Crippen molar-refractivity contribution in [1.82, 2.24) is 0 Å². The summed E-state index contributed by atoms with van der Waals surface area (Å²) in [5, 5.41) is 0. The second-order valence-electron chi connectivity index (χ2n) is 2.95. The van der Waals surface area contributed by atoms with Crippen molar-refractivity contribution < 1.29 is 9.21 Å². The number of furan rings is 1. The zero-order chi connectivity index (χ0) is 8.81. The Labute approximate surface area is 72.6 Å². The Bertz CT molecular complexity index is 224. The zero-order valence-electron chi connectivity index (χ0n) is 7.38. The van der Waals surface area contributed by atoms with Gasteiger partial charge in [-0.25, -0.2) is 0 Å². The Morgan fingerprint density at radius 3 is 3.00 bits per heavy atom. The minimum absolute atomic E-state index is 0.304. The van der Waals surface area contributed by atoms with Crippen molar-refractivity contribution in [2.24, 2.45) is 0 Å². The number of rotatable bonds is 5. The first kappa shape index (κ1) is 9.04. The molecule has 2 nitrogen and oxygen atoms in total. The van der Waals surface area contributed by atoms with Crippen molar-refractivity contribution in [2.45, 2.75) is 32.6 Å². The summed E-state index contributed by atoms with van der Waals surface area (Å²) >= 11 is 0. The molecule has 0 saturated carbocycles. The van der Waals surface area contributed by atoms with E-state index in [4.69, 9.17) is 4.42 Å². The van der Waals surface area contributed by atoms with Gasteiger partial charge in [-0.05, 0) is 18.1 Å². The third-order valence-corrected chi connectivity index (χ3v) is 1.79. The van der Waals surface area contributed by atoms with E-state index in [1.807, 2.05) is 6.07 Å². The lowest BCUT2D eigenvalue weighted by Crippen LogP contribution is -2.00. The van der Waals surface area contributed by atoms with Gasteiger partial charge in [-0.15, -0.1) is 0 Å². The summed E-state index contributed by atoms with van der Waals surface area (Å²) in [5.74, 6) is 0.304. The van der Waals surface area contributed by atoms with Gasteiger partial charge in [0, 0.05) is 12.8 Å². The maximum Gasteiger partial charge on any atom is 0.137 e. The standard InChI is InChI=1S/C10H14O2/c1-2-3-4-10(11)7-9-5-6-12-8-9/h5-6,8H,2-4,7H2,1H3. The number of carbonyl (C=O) groups excluding carboxylic acids is 1. The van der Waals surface area contributed by atoms with E-state index in [9.17, 15) is 4.79 Å². The van der Waals surface area contributed by atoms with Crippen molar-refractivity contribution in [3.8, 4) is 0 Å². The van der Waals surface area contributed by atoms with Crippen molar-refractivity contribution in [3.05, 3.63) is 24.2 Å². The van der Waals surface area contributed by atoms with Gasteiger partial charge in [0.15, 0.2) is 0 Å². The summed E-state index contributed by atoms with van der Waals surface area (Å²) < 4.78 is 4.87. The van der Waals surface area contributed by atoms with Gasteiger partial charge in [0.2, 0.25) is 0 Å². The molecule has 0 aromatic carbocycles. The minimum atomic E-state index is 0.304. The third kappa shape index (κ3) is 2.91. The van der Waals surface area contributed by atoms with E-state index < -0.39 is 0 Å². The fourth-order valence-electron chi connectivity index (χ4n) is 1.08. The lowest BCUT2D eigenvalue weighted by molar-refractivity contribution is -0.118. The first-order valence-electron chi connectivity index (χ1n) is 4.35. The molecule has 0 fully saturated rings. The molecule has 0 amide bonds. The van der Waals surface area contributed by atoms with E-state index >= 15 is 0 Å². The van der Waals surface area contributed by atoms with Crippen LogP contribution in [0.25, 0.3) is 0 Å². The SMILES string of the molecule is CCCCC(=O)Cc1ccoc1. The van der Waals surface area contributed by atoms with E-state index in [-0.39, 0.29) is 0 Å². The number of carbonyl (C=O) groups is 1. The number of unbranched alkanes of at least 4 members (excludes halogenated alkanes) is 1. The molecule has 66 valence electrons. The van der Waals surface area contributed by atoms with Crippen LogP contribution in [0.5, 0.6) is 0 Å². The monoisotopic (exact) mass is 166 g/mol. The predicted octanol–water partition coefficient (Wildman–Crippen LogP) is 2.58. The lowest BCUT2D eigenvalue weighted by Gasteiger charge is -1.95. The summed E-state index contributed by atoms with van der Waals surface area (Å²) in [7, 11) is 0. The van der Waals surface area contributed by atoms with Gasteiger partial charge < -0.3 is 4.42 Å². The fourth-order valence-corrected chi connectivity index (χ4v) is 1.08. The van der Waals surface area contributed by atoms with Gasteiger partial charge in [0.05, 0.1) is 12.5 Å². The summed E-state index contributed by atoms with van der Waals surface area (Å²) in [6, 6.07) is 1.84. The van der Waals surface area contributed by atoms with Crippen LogP contribution in [0.1, 0.15) is 31.7 Å². The van der Waals surface area contributed by atoms with Crippen LogP contribution in [0.4, 0.5) is 0 Å². The second kappa shape index (κ2) is 4.75. The van der Waals surface area contributed by atoms with Gasteiger partial charge in [0.1, 0.15) is 5.78 Å². The van der Waals surface area contributed by atoms with Crippen LogP contribution in [0.15, 0.2) is 23.0 Å². The molecule has 2 heteroatoms. The minimum Gasteiger partial charge on any atom is -0.472 e. The average molecular weight is 166 g/mol. The summed E-state index contributed by atoms with van der Waals surface area (Å²) in [6.07, 6.45) is 6.53. The highest BCUT2D eigenvalue weighted by Gasteiger charge is 2.03. The molecule has 1 aromatic heterocycles. The Morgan fingerprint density at radius 1 is 1.58 bits per heavy atom. The van der Waals surface area contributed by atoms with Crippen LogP contribution in [0.2, 0.25) is 0 Å². The first-order chi connectivity index (χ1) is 5.83. The van der Waals surface area contributed by atoms with Crippen molar-refractivity contribution in [2.75, 3.05) is 0 Å². The lowest BCUT2D eigenvalue weighted by atomic mass is 10.1. The number of hydrogen-bond acceptors (Lipinski definition) is 2. The molecule has 0 unspecified atom stereocenters. The van der Waals surface area contributed by atoms with Crippen LogP contribution in [-0.2, 0) is 11.2 Å². The number of hydrogen-bond donors (Lipinski definition) is 0. The molecule has 0 radical (unpaired) electrons. The molecule has 1 heterocycles. The van der Waals surface area contributed by atoms with Crippen LogP contribution in [-0.4, -0.2) is 5.78 Å². The average Bonchev–Trinajstić information content (AvgIpc) is 2.53. The summed E-state index contributed by atoms with van der Waals surface area (Å²) in [6.45, 7) is 2.09. The van der Waals surface area contributed by atoms with Gasteiger partial charge in [-0.2, -0.15) is 0 Å². The molecule has 0 bridgehead atoms. The predicted molar refractivity (Wildman–Crippen MR) is 46.9 cm³/mol. The Morgan fingerprint density at radius 2 is 2.42 bits per heavy atom. The topological polar surface area (TPSA) is 30.2 Å². The molecule has 0 aliphatic rings. The summed E-state index contributed by atoms with van der Waals surface area (Å²) in [5.41, 5.74) is 0.983. The summed E-state index contributed by atoms with van der Waals surface area (Å²) in [4.78, 5) is 11.2. The molecule has 0 saturated heterocycles. The number of Topliss-reactive ketones (excluding diaryl/α,β-unsaturated/α-hetero) is 1. The first-order valence-corrected chi connectivity index (χ1v) is 4.35. The van der Waals surface area contributed by atoms with Gasteiger partial charge in [-0.1, -0.05) is 13.3 Å². The molecular formula is C10H14O2. The second-order valence-corrected chi connectivity index (χ2v) is 2.95. The molecular weight excluding hydrogens is 152 g/mol. The largest absolute Gasteiger partial charge is 0.472 e. The van der Waals surface area contributed by atoms with Gasteiger partial charge in [0.25, 0.3) is 0 Å². The van der Waals surface area contributed by atoms with Crippen molar-refractivity contribution in [3.63, 3.8) is 0 Å².